The van der Waals surface area contributed by atoms with Gasteiger partial charge < -0.3 is 9.47 Å². The number of halogens is 2. The molecule has 2 rings (SSSR count). The van der Waals surface area contributed by atoms with Crippen molar-refractivity contribution in [2.24, 2.45) is 0 Å². The minimum absolute atomic E-state index is 0.0319. The summed E-state index contributed by atoms with van der Waals surface area (Å²) in [5.74, 6) is 0.807. The van der Waals surface area contributed by atoms with Crippen molar-refractivity contribution in [3.8, 4) is 11.6 Å². The zero-order chi connectivity index (χ0) is 12.4. The molecule has 4 nitrogen and oxygen atoms in total. The highest BCUT2D eigenvalue weighted by molar-refractivity contribution is 6.36. The van der Waals surface area contributed by atoms with E-state index >= 15 is 0 Å². The minimum atomic E-state index is -0.778. The maximum Gasteiger partial charge on any atom is 0.224 e. The average Bonchev–Trinajstić information content (AvgIpc) is 2.38. The van der Waals surface area contributed by atoms with Crippen LogP contribution >= 0.6 is 11.6 Å². The Balaban J connectivity index is 2.80. The molecule has 0 radical (unpaired) electrons. The lowest BCUT2D eigenvalue weighted by atomic mass is 10.2. The Hall–Kier alpha value is -1.62. The van der Waals surface area contributed by atoms with E-state index in [1.165, 1.54) is 14.2 Å². The Labute approximate surface area is 102 Å². The summed E-state index contributed by atoms with van der Waals surface area (Å²) >= 11 is 6.11. The highest BCUT2D eigenvalue weighted by Crippen LogP contribution is 2.34. The van der Waals surface area contributed by atoms with Crippen LogP contribution < -0.4 is 9.47 Å². The summed E-state index contributed by atoms with van der Waals surface area (Å²) in [5.41, 5.74) is 0.422. The first-order valence-corrected chi connectivity index (χ1v) is 5.22. The molecular formula is C11H10ClFN2O2. The average molecular weight is 257 g/mol. The van der Waals surface area contributed by atoms with Gasteiger partial charge in [-0.05, 0) is 12.1 Å². The molecule has 1 heterocycles. The van der Waals surface area contributed by atoms with Gasteiger partial charge in [-0.1, -0.05) is 11.6 Å². The van der Waals surface area contributed by atoms with Crippen molar-refractivity contribution in [1.82, 2.24) is 9.97 Å². The molecular weight excluding hydrogens is 247 g/mol. The first-order valence-electron chi connectivity index (χ1n) is 4.84. The van der Waals surface area contributed by atoms with Crippen molar-refractivity contribution in [3.05, 3.63) is 23.0 Å². The normalized spacial score (nSPS) is 10.6. The first kappa shape index (κ1) is 11.9. The van der Waals surface area contributed by atoms with E-state index in [1.807, 2.05) is 0 Å². The van der Waals surface area contributed by atoms with Gasteiger partial charge >= 0.3 is 0 Å². The number of ether oxygens (including phenoxy) is 2. The van der Waals surface area contributed by atoms with Crippen LogP contribution in [0, 0.1) is 0 Å². The summed E-state index contributed by atoms with van der Waals surface area (Å²) in [4.78, 5) is 7.96. The van der Waals surface area contributed by atoms with Crippen LogP contribution in [0.4, 0.5) is 4.39 Å². The lowest BCUT2D eigenvalue weighted by Gasteiger charge is -2.09. The fraction of sp³-hybridized carbons (Fsp3) is 0.273. The number of hydrogen-bond donors (Lipinski definition) is 0. The van der Waals surface area contributed by atoms with Crippen LogP contribution in [-0.2, 0) is 6.67 Å². The van der Waals surface area contributed by atoms with Gasteiger partial charge in [-0.3, -0.25) is 0 Å². The van der Waals surface area contributed by atoms with Crippen molar-refractivity contribution >= 4 is 22.5 Å². The van der Waals surface area contributed by atoms with E-state index in [0.29, 0.717) is 27.6 Å². The Morgan fingerprint density at radius 2 is 2.00 bits per heavy atom. The highest BCUT2D eigenvalue weighted by Gasteiger charge is 2.13. The van der Waals surface area contributed by atoms with Crippen molar-refractivity contribution in [3.63, 3.8) is 0 Å². The van der Waals surface area contributed by atoms with E-state index in [9.17, 15) is 4.39 Å². The largest absolute Gasteiger partial charge is 0.495 e. The number of fused-ring (bicyclic) bond motifs is 1. The monoisotopic (exact) mass is 256 g/mol. The molecule has 0 saturated carbocycles. The molecule has 0 aliphatic carbocycles. The standard InChI is InChI=1S/C11H10ClFN2O2/c1-16-7-4-3-6-10(9(7)12)14-8(5-13)15-11(6)17-2/h3-4H,5H2,1-2H3. The molecule has 0 spiro atoms. The summed E-state index contributed by atoms with van der Waals surface area (Å²) in [6, 6.07) is 3.41. The smallest absolute Gasteiger partial charge is 0.224 e. The van der Waals surface area contributed by atoms with Crippen molar-refractivity contribution in [2.45, 2.75) is 6.67 Å². The Morgan fingerprint density at radius 1 is 1.24 bits per heavy atom. The van der Waals surface area contributed by atoms with Crippen LogP contribution in [0.25, 0.3) is 10.9 Å². The van der Waals surface area contributed by atoms with Gasteiger partial charge in [0.25, 0.3) is 0 Å². The zero-order valence-corrected chi connectivity index (χ0v) is 10.1. The predicted molar refractivity (Wildman–Crippen MR) is 62.5 cm³/mol. The fourth-order valence-electron chi connectivity index (χ4n) is 1.53. The summed E-state index contributed by atoms with van der Waals surface area (Å²) in [6.45, 7) is -0.778. The van der Waals surface area contributed by atoms with E-state index in [0.717, 1.165) is 0 Å². The van der Waals surface area contributed by atoms with Gasteiger partial charge in [0.05, 0.1) is 19.6 Å². The SMILES string of the molecule is COc1ccc2c(OC)nc(CF)nc2c1Cl. The quantitative estimate of drug-likeness (QED) is 0.847. The van der Waals surface area contributed by atoms with E-state index in [-0.39, 0.29) is 5.82 Å². The molecule has 90 valence electrons. The molecule has 2 aromatic rings. The van der Waals surface area contributed by atoms with Crippen LogP contribution in [0.2, 0.25) is 5.02 Å². The molecule has 0 atom stereocenters. The number of alkyl halides is 1. The minimum Gasteiger partial charge on any atom is -0.495 e. The summed E-state index contributed by atoms with van der Waals surface area (Å²) in [5, 5.41) is 0.941. The number of methoxy groups -OCH3 is 2. The van der Waals surface area contributed by atoms with E-state index in [1.54, 1.807) is 12.1 Å². The molecule has 0 aliphatic heterocycles. The third-order valence-electron chi connectivity index (χ3n) is 2.32. The maximum atomic E-state index is 12.6. The summed E-state index contributed by atoms with van der Waals surface area (Å²) in [7, 11) is 2.96. The second-order valence-corrected chi connectivity index (χ2v) is 3.64. The highest BCUT2D eigenvalue weighted by atomic mass is 35.5. The van der Waals surface area contributed by atoms with Crippen LogP contribution in [-0.4, -0.2) is 24.2 Å². The van der Waals surface area contributed by atoms with Crippen LogP contribution in [0.15, 0.2) is 12.1 Å². The number of nitrogens with zero attached hydrogens (tertiary/aromatic N) is 2. The molecule has 1 aromatic heterocycles. The second kappa shape index (κ2) is 4.71. The number of aromatic nitrogens is 2. The number of benzene rings is 1. The van der Waals surface area contributed by atoms with Gasteiger partial charge in [0.2, 0.25) is 5.88 Å². The Morgan fingerprint density at radius 3 is 2.59 bits per heavy atom. The molecule has 0 fully saturated rings. The second-order valence-electron chi connectivity index (χ2n) is 3.26. The molecule has 0 aliphatic rings. The molecule has 0 saturated heterocycles. The Bertz CT molecular complexity index is 563. The lowest BCUT2D eigenvalue weighted by Crippen LogP contribution is -1.98. The summed E-state index contributed by atoms with van der Waals surface area (Å²) in [6.07, 6.45) is 0. The zero-order valence-electron chi connectivity index (χ0n) is 9.33. The predicted octanol–water partition coefficient (Wildman–Crippen LogP) is 2.77. The van der Waals surface area contributed by atoms with E-state index in [2.05, 4.69) is 9.97 Å². The van der Waals surface area contributed by atoms with Gasteiger partial charge in [-0.25, -0.2) is 9.37 Å². The third-order valence-corrected chi connectivity index (χ3v) is 2.68. The van der Waals surface area contributed by atoms with Crippen molar-refractivity contribution < 1.29 is 13.9 Å². The van der Waals surface area contributed by atoms with Gasteiger partial charge in [-0.2, -0.15) is 4.98 Å². The molecule has 0 bridgehead atoms. The van der Waals surface area contributed by atoms with Gasteiger partial charge in [-0.15, -0.1) is 0 Å². The van der Waals surface area contributed by atoms with Crippen molar-refractivity contribution in [1.29, 1.82) is 0 Å². The fourth-order valence-corrected chi connectivity index (χ4v) is 1.82. The molecule has 17 heavy (non-hydrogen) atoms. The third kappa shape index (κ3) is 1.98. The number of rotatable bonds is 3. The Kier molecular flexibility index (Phi) is 3.28. The van der Waals surface area contributed by atoms with Crippen LogP contribution in [0.3, 0.4) is 0 Å². The molecule has 6 heteroatoms. The van der Waals surface area contributed by atoms with Crippen LogP contribution in [0.1, 0.15) is 5.82 Å². The molecule has 0 amide bonds. The van der Waals surface area contributed by atoms with Crippen molar-refractivity contribution in [2.75, 3.05) is 14.2 Å². The lowest BCUT2D eigenvalue weighted by molar-refractivity contribution is 0.393. The maximum absolute atomic E-state index is 12.6. The van der Waals surface area contributed by atoms with Gasteiger partial charge in [0, 0.05) is 0 Å². The molecule has 0 unspecified atom stereocenters. The van der Waals surface area contributed by atoms with E-state index in [4.69, 9.17) is 21.1 Å². The summed E-state index contributed by atoms with van der Waals surface area (Å²) < 4.78 is 22.8. The van der Waals surface area contributed by atoms with Gasteiger partial charge in [0.15, 0.2) is 5.82 Å². The van der Waals surface area contributed by atoms with Gasteiger partial charge in [0.1, 0.15) is 23.0 Å². The number of hydrogen-bond acceptors (Lipinski definition) is 4. The topological polar surface area (TPSA) is 44.2 Å². The van der Waals surface area contributed by atoms with Crippen LogP contribution in [0.5, 0.6) is 11.6 Å². The molecule has 1 aromatic carbocycles. The first-order chi connectivity index (χ1) is 8.21. The van der Waals surface area contributed by atoms with E-state index < -0.39 is 6.67 Å². The molecule has 0 N–H and O–H groups in total.